The number of nitrogens with one attached hydrogen (secondary N) is 2. The van der Waals surface area contributed by atoms with Crippen molar-refractivity contribution in [3.05, 3.63) is 23.6 Å². The van der Waals surface area contributed by atoms with Crippen molar-refractivity contribution < 1.29 is 4.52 Å². The first-order valence-corrected chi connectivity index (χ1v) is 6.86. The molecule has 2 rings (SSSR count). The summed E-state index contributed by atoms with van der Waals surface area (Å²) in [5.74, 6) is 3.76. The fourth-order valence-electron chi connectivity index (χ4n) is 1.76. The van der Waals surface area contributed by atoms with Crippen molar-refractivity contribution in [3.8, 4) is 0 Å². The van der Waals surface area contributed by atoms with Gasteiger partial charge in [0.15, 0.2) is 5.82 Å². The van der Waals surface area contributed by atoms with Gasteiger partial charge in [0.25, 0.3) is 0 Å². The molecule has 2 heterocycles. The van der Waals surface area contributed by atoms with Crippen molar-refractivity contribution in [2.24, 2.45) is 0 Å². The topological polar surface area (TPSA) is 88.8 Å². The molecule has 108 valence electrons. The smallest absolute Gasteiger partial charge is 0.228 e. The van der Waals surface area contributed by atoms with Gasteiger partial charge in [-0.3, -0.25) is 0 Å². The molecule has 20 heavy (non-hydrogen) atoms. The normalized spacial score (nSPS) is 10.6. The van der Waals surface area contributed by atoms with Crippen LogP contribution in [0, 0.1) is 6.92 Å². The van der Waals surface area contributed by atoms with E-state index < -0.39 is 0 Å². The third-order valence-electron chi connectivity index (χ3n) is 2.66. The van der Waals surface area contributed by atoms with E-state index in [1.807, 2.05) is 19.9 Å². The van der Waals surface area contributed by atoms with Crippen LogP contribution in [-0.2, 0) is 12.8 Å². The molecule has 0 bridgehead atoms. The molecule has 0 radical (unpaired) electrons. The van der Waals surface area contributed by atoms with E-state index in [-0.39, 0.29) is 0 Å². The molecule has 7 nitrogen and oxygen atoms in total. The van der Waals surface area contributed by atoms with Gasteiger partial charge in [-0.1, -0.05) is 12.1 Å². The summed E-state index contributed by atoms with van der Waals surface area (Å²) in [5, 5.41) is 10.2. The number of aromatic nitrogens is 4. The minimum absolute atomic E-state index is 0.631. The summed E-state index contributed by atoms with van der Waals surface area (Å²) in [7, 11) is 0. The Hall–Kier alpha value is -2.18. The lowest BCUT2D eigenvalue weighted by molar-refractivity contribution is 0.377. The second kappa shape index (κ2) is 6.83. The van der Waals surface area contributed by atoms with Gasteiger partial charge in [0.05, 0.1) is 0 Å². The molecule has 2 aromatic rings. The Balaban J connectivity index is 1.95. The van der Waals surface area contributed by atoms with E-state index >= 15 is 0 Å². The van der Waals surface area contributed by atoms with Crippen LogP contribution in [0.5, 0.6) is 0 Å². The highest BCUT2D eigenvalue weighted by Gasteiger charge is 2.05. The van der Waals surface area contributed by atoms with Gasteiger partial charge in [0.1, 0.15) is 17.5 Å². The van der Waals surface area contributed by atoms with Crippen molar-refractivity contribution in [3.63, 3.8) is 0 Å². The van der Waals surface area contributed by atoms with Crippen LogP contribution in [0.2, 0.25) is 0 Å². The highest BCUT2D eigenvalue weighted by atomic mass is 16.5. The summed E-state index contributed by atoms with van der Waals surface area (Å²) >= 11 is 0. The fourth-order valence-corrected chi connectivity index (χ4v) is 1.76. The molecule has 0 aliphatic heterocycles. The Morgan fingerprint density at radius 1 is 1.10 bits per heavy atom. The Morgan fingerprint density at radius 2 is 1.85 bits per heavy atom. The summed E-state index contributed by atoms with van der Waals surface area (Å²) in [4.78, 5) is 13.0. The molecule has 0 aliphatic rings. The lowest BCUT2D eigenvalue weighted by Gasteiger charge is -2.09. The van der Waals surface area contributed by atoms with E-state index in [0.717, 1.165) is 30.4 Å². The first kappa shape index (κ1) is 14.2. The minimum atomic E-state index is 0.631. The molecular formula is C13H20N6O. The van der Waals surface area contributed by atoms with Crippen LogP contribution in [0.3, 0.4) is 0 Å². The van der Waals surface area contributed by atoms with Crippen molar-refractivity contribution in [2.75, 3.05) is 23.7 Å². The molecule has 0 unspecified atom stereocenters. The van der Waals surface area contributed by atoms with E-state index in [4.69, 9.17) is 4.52 Å². The SMILES string of the molecule is CCNc1cc(NCCc2nc(C)no2)nc(CC)n1. The van der Waals surface area contributed by atoms with Crippen LogP contribution >= 0.6 is 0 Å². The Kier molecular flexibility index (Phi) is 4.86. The lowest BCUT2D eigenvalue weighted by atomic mass is 10.4. The molecule has 0 saturated heterocycles. The summed E-state index contributed by atoms with van der Waals surface area (Å²) in [6, 6.07) is 1.90. The standard InChI is InChI=1S/C13H20N6O/c1-4-10-17-11(14-5-2)8-12(18-10)15-7-6-13-16-9(3)19-20-13/h8H,4-7H2,1-3H3,(H2,14,15,17,18). The summed E-state index contributed by atoms with van der Waals surface area (Å²) in [6.07, 6.45) is 1.47. The molecule has 0 aliphatic carbocycles. The van der Waals surface area contributed by atoms with E-state index in [9.17, 15) is 0 Å². The zero-order valence-electron chi connectivity index (χ0n) is 12.1. The van der Waals surface area contributed by atoms with Gasteiger partial charge in [-0.05, 0) is 13.8 Å². The molecule has 0 aromatic carbocycles. The Bertz CT molecular complexity index is 554. The van der Waals surface area contributed by atoms with Gasteiger partial charge in [0.2, 0.25) is 5.89 Å². The molecule has 2 N–H and O–H groups in total. The van der Waals surface area contributed by atoms with Gasteiger partial charge in [-0.15, -0.1) is 0 Å². The Labute approximate surface area is 118 Å². The summed E-state index contributed by atoms with van der Waals surface area (Å²) in [5.41, 5.74) is 0. The molecular weight excluding hydrogens is 256 g/mol. The van der Waals surface area contributed by atoms with Crippen LogP contribution < -0.4 is 10.6 Å². The first-order chi connectivity index (χ1) is 9.71. The number of rotatable bonds is 7. The maximum atomic E-state index is 5.06. The van der Waals surface area contributed by atoms with Gasteiger partial charge < -0.3 is 15.2 Å². The zero-order valence-corrected chi connectivity index (χ0v) is 12.1. The third-order valence-corrected chi connectivity index (χ3v) is 2.66. The maximum absolute atomic E-state index is 5.06. The molecule has 0 spiro atoms. The molecule has 0 saturated carbocycles. The molecule has 2 aromatic heterocycles. The zero-order chi connectivity index (χ0) is 14.4. The van der Waals surface area contributed by atoms with Gasteiger partial charge in [0, 0.05) is 32.0 Å². The van der Waals surface area contributed by atoms with E-state index in [1.165, 1.54) is 0 Å². The lowest BCUT2D eigenvalue weighted by Crippen LogP contribution is -2.10. The first-order valence-electron chi connectivity index (χ1n) is 6.86. The molecule has 0 atom stereocenters. The molecule has 0 fully saturated rings. The summed E-state index contributed by atoms with van der Waals surface area (Å²) < 4.78 is 5.06. The number of anilines is 2. The largest absolute Gasteiger partial charge is 0.370 e. The monoisotopic (exact) mass is 276 g/mol. The average molecular weight is 276 g/mol. The number of hydrogen-bond donors (Lipinski definition) is 2. The second-order valence-corrected chi connectivity index (χ2v) is 4.35. The second-order valence-electron chi connectivity index (χ2n) is 4.35. The van der Waals surface area contributed by atoms with E-state index in [0.29, 0.717) is 24.7 Å². The molecule has 0 amide bonds. The summed E-state index contributed by atoms with van der Waals surface area (Å²) in [6.45, 7) is 7.41. The fraction of sp³-hybridized carbons (Fsp3) is 0.538. The average Bonchev–Trinajstić information content (AvgIpc) is 2.84. The van der Waals surface area contributed by atoms with Crippen LogP contribution in [0.1, 0.15) is 31.4 Å². The van der Waals surface area contributed by atoms with Gasteiger partial charge in [-0.25, -0.2) is 9.97 Å². The number of hydrogen-bond acceptors (Lipinski definition) is 7. The third kappa shape index (κ3) is 3.91. The van der Waals surface area contributed by atoms with Gasteiger partial charge in [-0.2, -0.15) is 4.98 Å². The number of nitrogens with zero attached hydrogens (tertiary/aromatic N) is 4. The van der Waals surface area contributed by atoms with Crippen molar-refractivity contribution in [1.82, 2.24) is 20.1 Å². The minimum Gasteiger partial charge on any atom is -0.370 e. The van der Waals surface area contributed by atoms with E-state index in [1.54, 1.807) is 6.92 Å². The van der Waals surface area contributed by atoms with Crippen molar-refractivity contribution in [2.45, 2.75) is 33.6 Å². The predicted molar refractivity (Wildman–Crippen MR) is 76.8 cm³/mol. The van der Waals surface area contributed by atoms with Crippen LogP contribution in [0.4, 0.5) is 11.6 Å². The maximum Gasteiger partial charge on any atom is 0.228 e. The van der Waals surface area contributed by atoms with Crippen LogP contribution in [0.15, 0.2) is 10.6 Å². The Morgan fingerprint density at radius 3 is 2.45 bits per heavy atom. The quantitative estimate of drug-likeness (QED) is 0.797. The van der Waals surface area contributed by atoms with Gasteiger partial charge >= 0.3 is 0 Å². The molecule has 7 heteroatoms. The highest BCUT2D eigenvalue weighted by Crippen LogP contribution is 2.11. The van der Waals surface area contributed by atoms with Crippen molar-refractivity contribution in [1.29, 1.82) is 0 Å². The van der Waals surface area contributed by atoms with Crippen LogP contribution in [0.25, 0.3) is 0 Å². The highest BCUT2D eigenvalue weighted by molar-refractivity contribution is 5.47. The van der Waals surface area contributed by atoms with E-state index in [2.05, 4.69) is 30.7 Å². The number of aryl methyl sites for hydroxylation is 2. The van der Waals surface area contributed by atoms with Crippen LogP contribution in [-0.4, -0.2) is 33.2 Å². The van der Waals surface area contributed by atoms with Crippen molar-refractivity contribution >= 4 is 11.6 Å². The predicted octanol–water partition coefficient (Wildman–Crippen LogP) is 1.82.